The van der Waals surface area contributed by atoms with Gasteiger partial charge < -0.3 is 5.11 Å². The van der Waals surface area contributed by atoms with E-state index in [0.29, 0.717) is 11.7 Å². The Morgan fingerprint density at radius 1 is 1.44 bits per heavy atom. The van der Waals surface area contributed by atoms with Gasteiger partial charge in [-0.3, -0.25) is 0 Å². The van der Waals surface area contributed by atoms with Crippen LogP contribution in [-0.2, 0) is 0 Å². The van der Waals surface area contributed by atoms with E-state index in [0.717, 1.165) is 18.4 Å². The third-order valence-electron chi connectivity index (χ3n) is 3.04. The summed E-state index contributed by atoms with van der Waals surface area (Å²) in [5.74, 6) is 0.912. The number of hydrogen-bond acceptors (Lipinski definition) is 1. The number of aryl methyl sites for hydroxylation is 1. The maximum absolute atomic E-state index is 9.65. The normalized spacial score (nSPS) is 12.4. The third kappa shape index (κ3) is 3.73. The number of aromatic hydroxyl groups is 1. The Morgan fingerprint density at radius 2 is 2.12 bits per heavy atom. The molecule has 1 nitrogen and oxygen atoms in total. The predicted octanol–water partition coefficient (Wildman–Crippen LogP) is 4.55. The summed E-state index contributed by atoms with van der Waals surface area (Å²) in [5.41, 5.74) is 3.42. The molecular weight excluding hydrogens is 196 g/mol. The Kier molecular flexibility index (Phi) is 4.60. The lowest BCUT2D eigenvalue weighted by Crippen LogP contribution is -1.94. The number of allylic oxidation sites excluding steroid dienone is 1. The van der Waals surface area contributed by atoms with Gasteiger partial charge in [0.25, 0.3) is 0 Å². The highest BCUT2D eigenvalue weighted by molar-refractivity contribution is 5.36. The molecule has 1 N–H and O–H groups in total. The fourth-order valence-corrected chi connectivity index (χ4v) is 1.81. The topological polar surface area (TPSA) is 20.2 Å². The van der Waals surface area contributed by atoms with Crippen LogP contribution < -0.4 is 0 Å². The van der Waals surface area contributed by atoms with Crippen molar-refractivity contribution in [3.8, 4) is 5.75 Å². The van der Waals surface area contributed by atoms with Crippen molar-refractivity contribution >= 4 is 0 Å². The molecule has 0 heterocycles. The van der Waals surface area contributed by atoms with E-state index >= 15 is 0 Å². The molecule has 0 aliphatic carbocycles. The molecule has 1 rings (SSSR count). The van der Waals surface area contributed by atoms with Crippen LogP contribution in [0.15, 0.2) is 30.4 Å². The average molecular weight is 218 g/mol. The summed E-state index contributed by atoms with van der Waals surface area (Å²) in [5, 5.41) is 9.65. The Labute approximate surface area is 98.8 Å². The van der Waals surface area contributed by atoms with E-state index in [1.807, 2.05) is 19.1 Å². The maximum Gasteiger partial charge on any atom is 0.118 e. The molecule has 0 aromatic heterocycles. The van der Waals surface area contributed by atoms with Crippen molar-refractivity contribution in [1.29, 1.82) is 0 Å². The van der Waals surface area contributed by atoms with E-state index < -0.39 is 0 Å². The molecule has 0 spiro atoms. The number of hydrogen-bond donors (Lipinski definition) is 1. The number of rotatable bonds is 5. The van der Waals surface area contributed by atoms with E-state index in [1.54, 1.807) is 0 Å². The molecule has 0 saturated heterocycles. The van der Waals surface area contributed by atoms with E-state index in [4.69, 9.17) is 0 Å². The molecule has 88 valence electrons. The zero-order valence-corrected chi connectivity index (χ0v) is 10.6. The second kappa shape index (κ2) is 5.74. The summed E-state index contributed by atoms with van der Waals surface area (Å²) in [4.78, 5) is 0. The van der Waals surface area contributed by atoms with E-state index in [2.05, 4.69) is 26.5 Å². The molecule has 0 fully saturated rings. The van der Waals surface area contributed by atoms with Crippen molar-refractivity contribution in [3.05, 3.63) is 41.5 Å². The van der Waals surface area contributed by atoms with Crippen molar-refractivity contribution in [3.63, 3.8) is 0 Å². The average Bonchev–Trinajstić information content (AvgIpc) is 2.21. The molecule has 0 aliphatic rings. The van der Waals surface area contributed by atoms with Crippen molar-refractivity contribution in [2.45, 2.75) is 46.0 Å². The first-order chi connectivity index (χ1) is 7.50. The van der Waals surface area contributed by atoms with Crippen molar-refractivity contribution in [2.75, 3.05) is 0 Å². The Morgan fingerprint density at radius 3 is 2.69 bits per heavy atom. The zero-order valence-electron chi connectivity index (χ0n) is 10.6. The second-order valence-electron chi connectivity index (χ2n) is 4.80. The van der Waals surface area contributed by atoms with Crippen molar-refractivity contribution in [2.24, 2.45) is 0 Å². The maximum atomic E-state index is 9.65. The van der Waals surface area contributed by atoms with Crippen LogP contribution in [0.5, 0.6) is 5.75 Å². The summed E-state index contributed by atoms with van der Waals surface area (Å²) < 4.78 is 0. The molecule has 0 radical (unpaired) electrons. The van der Waals surface area contributed by atoms with Gasteiger partial charge in [0.1, 0.15) is 5.75 Å². The Hall–Kier alpha value is -1.24. The molecule has 1 atom stereocenters. The lowest BCUT2D eigenvalue weighted by atomic mass is 9.94. The van der Waals surface area contributed by atoms with Gasteiger partial charge in [0.05, 0.1) is 0 Å². The highest BCUT2D eigenvalue weighted by Gasteiger charge is 2.07. The second-order valence-corrected chi connectivity index (χ2v) is 4.80. The molecule has 0 saturated carbocycles. The zero-order chi connectivity index (χ0) is 12.1. The predicted molar refractivity (Wildman–Crippen MR) is 69.9 cm³/mol. The molecule has 16 heavy (non-hydrogen) atoms. The summed E-state index contributed by atoms with van der Waals surface area (Å²) in [7, 11) is 0. The van der Waals surface area contributed by atoms with Crippen LogP contribution in [0.3, 0.4) is 0 Å². The van der Waals surface area contributed by atoms with Gasteiger partial charge in [0, 0.05) is 0 Å². The first-order valence-electron chi connectivity index (χ1n) is 5.94. The molecule has 1 heteroatoms. The largest absolute Gasteiger partial charge is 0.508 e. The summed E-state index contributed by atoms with van der Waals surface area (Å²) >= 11 is 0. The van der Waals surface area contributed by atoms with Crippen molar-refractivity contribution < 1.29 is 5.11 Å². The first kappa shape index (κ1) is 12.8. The van der Waals surface area contributed by atoms with E-state index in [1.165, 1.54) is 17.6 Å². The minimum atomic E-state index is 0.407. The van der Waals surface area contributed by atoms with E-state index in [-0.39, 0.29) is 0 Å². The quantitative estimate of drug-likeness (QED) is 0.719. The minimum Gasteiger partial charge on any atom is -0.508 e. The van der Waals surface area contributed by atoms with Gasteiger partial charge in [0.2, 0.25) is 0 Å². The molecular formula is C15H22O. The van der Waals surface area contributed by atoms with Crippen LogP contribution in [0.1, 0.15) is 50.2 Å². The van der Waals surface area contributed by atoms with Gasteiger partial charge in [-0.2, -0.15) is 0 Å². The summed E-state index contributed by atoms with van der Waals surface area (Å²) in [6.45, 7) is 10.1. The van der Waals surface area contributed by atoms with Crippen LogP contribution in [0.4, 0.5) is 0 Å². The van der Waals surface area contributed by atoms with Crippen molar-refractivity contribution in [1.82, 2.24) is 0 Å². The molecule has 0 bridgehead atoms. The van der Waals surface area contributed by atoms with Gasteiger partial charge in [-0.1, -0.05) is 24.6 Å². The molecule has 0 amide bonds. The van der Waals surface area contributed by atoms with Gasteiger partial charge in [-0.05, 0) is 56.2 Å². The first-order valence-corrected chi connectivity index (χ1v) is 5.94. The molecule has 0 unspecified atom stereocenters. The SMILES string of the molecule is C=C(C)CCC[C@@H](C)c1ccc(C)c(O)c1. The monoisotopic (exact) mass is 218 g/mol. The number of benzene rings is 1. The summed E-state index contributed by atoms with van der Waals surface area (Å²) in [6, 6.07) is 5.99. The van der Waals surface area contributed by atoms with Crippen LogP contribution in [0.25, 0.3) is 0 Å². The highest BCUT2D eigenvalue weighted by Crippen LogP contribution is 2.26. The molecule has 1 aromatic carbocycles. The fraction of sp³-hybridized carbons (Fsp3) is 0.467. The highest BCUT2D eigenvalue weighted by atomic mass is 16.3. The minimum absolute atomic E-state index is 0.407. The van der Waals surface area contributed by atoms with Gasteiger partial charge >= 0.3 is 0 Å². The van der Waals surface area contributed by atoms with Crippen LogP contribution in [0, 0.1) is 6.92 Å². The van der Waals surface area contributed by atoms with Gasteiger partial charge in [-0.15, -0.1) is 6.58 Å². The Bertz CT molecular complexity index is 366. The van der Waals surface area contributed by atoms with Crippen LogP contribution >= 0.6 is 0 Å². The van der Waals surface area contributed by atoms with Gasteiger partial charge in [-0.25, -0.2) is 0 Å². The van der Waals surface area contributed by atoms with Crippen LogP contribution in [0.2, 0.25) is 0 Å². The van der Waals surface area contributed by atoms with E-state index in [9.17, 15) is 5.11 Å². The lowest BCUT2D eigenvalue weighted by molar-refractivity contribution is 0.469. The fourth-order valence-electron chi connectivity index (χ4n) is 1.81. The Balaban J connectivity index is 2.55. The summed E-state index contributed by atoms with van der Waals surface area (Å²) in [6.07, 6.45) is 3.42. The van der Waals surface area contributed by atoms with Crippen LogP contribution in [-0.4, -0.2) is 5.11 Å². The molecule has 1 aromatic rings. The number of phenolic OH excluding ortho intramolecular Hbond substituents is 1. The smallest absolute Gasteiger partial charge is 0.118 e. The lowest BCUT2D eigenvalue weighted by Gasteiger charge is -2.12. The van der Waals surface area contributed by atoms with Gasteiger partial charge in [0.15, 0.2) is 0 Å². The number of phenols is 1. The third-order valence-corrected chi connectivity index (χ3v) is 3.04. The molecule has 0 aliphatic heterocycles. The standard InChI is InChI=1S/C15H22O/c1-11(2)6-5-7-12(3)14-9-8-13(4)15(16)10-14/h8-10,12,16H,1,5-7H2,2-4H3/t12-/m1/s1.